The quantitative estimate of drug-likeness (QED) is 0.516. The largest absolute Gasteiger partial charge is 0.495 e. The van der Waals surface area contributed by atoms with E-state index < -0.39 is 0 Å². The first-order valence-electron chi connectivity index (χ1n) is 9.07. The van der Waals surface area contributed by atoms with Gasteiger partial charge in [-0.1, -0.05) is 58.3 Å². The number of nitrogens with one attached hydrogen (secondary N) is 1. The number of unbranched alkanes of at least 4 members (excludes halogenated alkanes) is 8. The van der Waals surface area contributed by atoms with Crippen molar-refractivity contribution in [1.29, 1.82) is 0 Å². The average Bonchev–Trinajstić information content (AvgIpc) is 2.60. The Labute approximate surface area is 146 Å². The van der Waals surface area contributed by atoms with Crippen molar-refractivity contribution < 1.29 is 14.3 Å². The predicted octanol–water partition coefficient (Wildman–Crippen LogP) is 5.01. The standard InChI is InChI=1S/C20H30NO3/c1-3-4-5-6-7-8-9-10-11-12-20(23)21-18-15-17(16-22)13-14-19(18)24-2/h13-15H,3-12H2,1-2H3,(H,21,23). The number of methoxy groups -OCH3 is 1. The minimum absolute atomic E-state index is 0.0423. The van der Waals surface area contributed by atoms with Crippen LogP contribution in [0, 0.1) is 0 Å². The number of carbonyl (C=O) groups excluding carboxylic acids is 2. The van der Waals surface area contributed by atoms with Crippen LogP contribution in [0.4, 0.5) is 5.69 Å². The van der Waals surface area contributed by atoms with Crippen LogP contribution in [0.3, 0.4) is 0 Å². The van der Waals surface area contributed by atoms with Gasteiger partial charge in [-0.05, 0) is 24.6 Å². The van der Waals surface area contributed by atoms with Crippen molar-refractivity contribution in [2.45, 2.75) is 71.1 Å². The van der Waals surface area contributed by atoms with Crippen molar-refractivity contribution in [2.75, 3.05) is 12.4 Å². The Bertz CT molecular complexity index is 500. The van der Waals surface area contributed by atoms with Crippen LogP contribution in [0.1, 0.15) is 76.7 Å². The Hall–Kier alpha value is -1.84. The van der Waals surface area contributed by atoms with Gasteiger partial charge in [0, 0.05) is 12.0 Å². The molecule has 0 aromatic heterocycles. The third-order valence-electron chi connectivity index (χ3n) is 4.10. The molecule has 4 heteroatoms. The number of benzene rings is 1. The molecule has 0 spiro atoms. The maximum atomic E-state index is 12.0. The Kier molecular flexibility index (Phi) is 10.6. The Morgan fingerprint density at radius 1 is 1.04 bits per heavy atom. The third-order valence-corrected chi connectivity index (χ3v) is 4.10. The zero-order valence-corrected chi connectivity index (χ0v) is 15.0. The number of rotatable bonds is 13. The molecule has 1 rings (SSSR count). The fourth-order valence-corrected chi connectivity index (χ4v) is 2.68. The van der Waals surface area contributed by atoms with Gasteiger partial charge in [-0.2, -0.15) is 0 Å². The van der Waals surface area contributed by atoms with Gasteiger partial charge in [0.1, 0.15) is 5.75 Å². The van der Waals surface area contributed by atoms with E-state index in [0.29, 0.717) is 23.4 Å². The van der Waals surface area contributed by atoms with Gasteiger partial charge in [0.05, 0.1) is 12.8 Å². The molecule has 4 nitrogen and oxygen atoms in total. The SMILES string of the molecule is CCCCCCCCCCCC(=O)Nc1cc([C]=O)ccc1OC. The smallest absolute Gasteiger partial charge is 0.233 e. The van der Waals surface area contributed by atoms with Gasteiger partial charge in [0.25, 0.3) is 0 Å². The Balaban J connectivity index is 2.21. The molecule has 1 aromatic carbocycles. The van der Waals surface area contributed by atoms with E-state index in [2.05, 4.69) is 12.2 Å². The van der Waals surface area contributed by atoms with Crippen molar-refractivity contribution in [3.05, 3.63) is 23.8 Å². The molecular formula is C20H30NO3. The van der Waals surface area contributed by atoms with E-state index in [-0.39, 0.29) is 5.91 Å². The topological polar surface area (TPSA) is 55.4 Å². The van der Waals surface area contributed by atoms with E-state index in [0.717, 1.165) is 12.8 Å². The van der Waals surface area contributed by atoms with Crippen LogP contribution in [0.2, 0.25) is 0 Å². The summed E-state index contributed by atoms with van der Waals surface area (Å²) in [5.41, 5.74) is 0.924. The van der Waals surface area contributed by atoms with Crippen LogP contribution >= 0.6 is 0 Å². The number of anilines is 1. The summed E-state index contributed by atoms with van der Waals surface area (Å²) < 4.78 is 5.20. The van der Waals surface area contributed by atoms with Crippen molar-refractivity contribution >= 4 is 17.9 Å². The zero-order valence-electron chi connectivity index (χ0n) is 15.0. The van der Waals surface area contributed by atoms with Gasteiger partial charge in [0.2, 0.25) is 12.2 Å². The lowest BCUT2D eigenvalue weighted by Gasteiger charge is -2.10. The van der Waals surface area contributed by atoms with E-state index in [1.165, 1.54) is 52.1 Å². The maximum absolute atomic E-state index is 12.0. The highest BCUT2D eigenvalue weighted by atomic mass is 16.5. The second-order valence-corrected chi connectivity index (χ2v) is 6.14. The monoisotopic (exact) mass is 332 g/mol. The summed E-state index contributed by atoms with van der Waals surface area (Å²) in [6.45, 7) is 2.23. The number of ether oxygens (including phenoxy) is 1. The first-order chi connectivity index (χ1) is 11.7. The lowest BCUT2D eigenvalue weighted by molar-refractivity contribution is -0.116. The van der Waals surface area contributed by atoms with Gasteiger partial charge in [0.15, 0.2) is 0 Å². The molecule has 0 saturated heterocycles. The van der Waals surface area contributed by atoms with E-state index in [4.69, 9.17) is 4.74 Å². The van der Waals surface area contributed by atoms with Gasteiger partial charge in [-0.15, -0.1) is 0 Å². The molecule has 0 saturated carbocycles. The van der Waals surface area contributed by atoms with Gasteiger partial charge >= 0.3 is 0 Å². The molecule has 1 radical (unpaired) electrons. The minimum atomic E-state index is -0.0423. The van der Waals surface area contributed by atoms with Gasteiger partial charge < -0.3 is 10.1 Å². The molecule has 133 valence electrons. The summed E-state index contributed by atoms with van der Waals surface area (Å²) in [7, 11) is 1.54. The van der Waals surface area contributed by atoms with Crippen LogP contribution < -0.4 is 10.1 Å². The molecule has 1 aromatic rings. The molecule has 0 atom stereocenters. The van der Waals surface area contributed by atoms with Crippen molar-refractivity contribution in [2.24, 2.45) is 0 Å². The lowest BCUT2D eigenvalue weighted by Crippen LogP contribution is -2.12. The van der Waals surface area contributed by atoms with Gasteiger partial charge in [-0.3, -0.25) is 9.59 Å². The summed E-state index contributed by atoms with van der Waals surface area (Å²) in [6, 6.07) is 4.86. The third kappa shape index (κ3) is 8.14. The summed E-state index contributed by atoms with van der Waals surface area (Å²) in [6.07, 6.45) is 13.3. The average molecular weight is 332 g/mol. The highest BCUT2D eigenvalue weighted by Gasteiger charge is 2.08. The van der Waals surface area contributed by atoms with Crippen LogP contribution in [-0.4, -0.2) is 19.3 Å². The Morgan fingerprint density at radius 2 is 1.67 bits per heavy atom. The molecule has 0 aliphatic rings. The number of hydrogen-bond donors (Lipinski definition) is 1. The van der Waals surface area contributed by atoms with Gasteiger partial charge in [-0.25, -0.2) is 0 Å². The molecule has 0 unspecified atom stereocenters. The number of hydrogen-bond acceptors (Lipinski definition) is 3. The van der Waals surface area contributed by atoms with Crippen molar-refractivity contribution in [3.63, 3.8) is 0 Å². The predicted molar refractivity (Wildman–Crippen MR) is 98.3 cm³/mol. The summed E-state index contributed by atoms with van der Waals surface area (Å²) >= 11 is 0. The second kappa shape index (κ2) is 12.6. The first-order valence-corrected chi connectivity index (χ1v) is 9.07. The van der Waals surface area contributed by atoms with Crippen LogP contribution in [0.15, 0.2) is 18.2 Å². The molecule has 1 amide bonds. The molecule has 0 fully saturated rings. The summed E-state index contributed by atoms with van der Waals surface area (Å²) in [5.74, 6) is 0.508. The summed E-state index contributed by atoms with van der Waals surface area (Å²) in [4.78, 5) is 22.7. The van der Waals surface area contributed by atoms with Crippen LogP contribution in [-0.2, 0) is 9.59 Å². The van der Waals surface area contributed by atoms with E-state index in [1.807, 2.05) is 6.29 Å². The van der Waals surface area contributed by atoms with E-state index in [9.17, 15) is 9.59 Å². The van der Waals surface area contributed by atoms with Crippen LogP contribution in [0.5, 0.6) is 5.75 Å². The minimum Gasteiger partial charge on any atom is -0.495 e. The van der Waals surface area contributed by atoms with Crippen molar-refractivity contribution in [1.82, 2.24) is 0 Å². The molecule has 1 N–H and O–H groups in total. The molecular weight excluding hydrogens is 302 g/mol. The second-order valence-electron chi connectivity index (χ2n) is 6.14. The van der Waals surface area contributed by atoms with E-state index >= 15 is 0 Å². The summed E-state index contributed by atoms with van der Waals surface area (Å²) in [5, 5.41) is 2.82. The molecule has 0 aliphatic heterocycles. The lowest BCUT2D eigenvalue weighted by atomic mass is 10.1. The number of amides is 1. The normalized spacial score (nSPS) is 10.4. The highest BCUT2D eigenvalue weighted by Crippen LogP contribution is 2.25. The molecule has 0 heterocycles. The molecule has 0 bridgehead atoms. The maximum Gasteiger partial charge on any atom is 0.233 e. The molecule has 24 heavy (non-hydrogen) atoms. The van der Waals surface area contributed by atoms with Crippen LogP contribution in [0.25, 0.3) is 0 Å². The Morgan fingerprint density at radius 3 is 2.25 bits per heavy atom. The fourth-order valence-electron chi connectivity index (χ4n) is 2.68. The zero-order chi connectivity index (χ0) is 17.6. The fraction of sp³-hybridized carbons (Fsp3) is 0.600. The highest BCUT2D eigenvalue weighted by molar-refractivity contribution is 5.93. The number of carbonyl (C=O) groups is 1. The van der Waals surface area contributed by atoms with E-state index in [1.54, 1.807) is 18.2 Å². The first kappa shape index (κ1) is 20.2. The molecule has 0 aliphatic carbocycles. The van der Waals surface area contributed by atoms with Crippen molar-refractivity contribution in [3.8, 4) is 5.75 Å².